The fourth-order valence-corrected chi connectivity index (χ4v) is 3.41. The molecule has 0 saturated heterocycles. The van der Waals surface area contributed by atoms with E-state index in [1.807, 2.05) is 13.1 Å². The SMILES string of the molecule is CNC(Cc1cccc(OC)c1F)c1csc(I)c1. The highest BCUT2D eigenvalue weighted by Crippen LogP contribution is 2.27. The van der Waals surface area contributed by atoms with Crippen molar-refractivity contribution in [1.82, 2.24) is 5.32 Å². The molecule has 0 fully saturated rings. The molecule has 0 radical (unpaired) electrons. The van der Waals surface area contributed by atoms with Crippen molar-refractivity contribution in [2.24, 2.45) is 0 Å². The van der Waals surface area contributed by atoms with Gasteiger partial charge in [0.1, 0.15) is 0 Å². The summed E-state index contributed by atoms with van der Waals surface area (Å²) in [4.78, 5) is 0. The second-order valence-corrected chi connectivity index (χ2v) is 6.97. The second-order valence-electron chi connectivity index (χ2n) is 4.16. The molecule has 1 atom stereocenters. The predicted molar refractivity (Wildman–Crippen MR) is 85.5 cm³/mol. The number of likely N-dealkylation sites (N-methyl/N-ethyl adjacent to an activating group) is 1. The Balaban J connectivity index is 2.23. The molecule has 102 valence electrons. The van der Waals surface area contributed by atoms with E-state index in [1.165, 1.54) is 15.6 Å². The summed E-state index contributed by atoms with van der Waals surface area (Å²) in [6.07, 6.45) is 0.604. The van der Waals surface area contributed by atoms with Crippen molar-refractivity contribution in [2.45, 2.75) is 12.5 Å². The number of hydrogen-bond acceptors (Lipinski definition) is 3. The summed E-state index contributed by atoms with van der Waals surface area (Å²) in [6.45, 7) is 0. The zero-order valence-corrected chi connectivity index (χ0v) is 13.7. The maximum absolute atomic E-state index is 14.1. The van der Waals surface area contributed by atoms with Crippen molar-refractivity contribution < 1.29 is 9.13 Å². The van der Waals surface area contributed by atoms with Gasteiger partial charge in [-0.3, -0.25) is 0 Å². The maximum atomic E-state index is 14.1. The molecule has 0 bridgehead atoms. The zero-order valence-electron chi connectivity index (χ0n) is 10.7. The van der Waals surface area contributed by atoms with Crippen LogP contribution in [0.5, 0.6) is 5.75 Å². The quantitative estimate of drug-likeness (QED) is 0.778. The van der Waals surface area contributed by atoms with Crippen LogP contribution in [-0.2, 0) is 6.42 Å². The van der Waals surface area contributed by atoms with Gasteiger partial charge in [0, 0.05) is 6.04 Å². The van der Waals surface area contributed by atoms with E-state index in [1.54, 1.807) is 23.5 Å². The van der Waals surface area contributed by atoms with Gasteiger partial charge in [-0.15, -0.1) is 11.3 Å². The van der Waals surface area contributed by atoms with E-state index in [9.17, 15) is 4.39 Å². The van der Waals surface area contributed by atoms with Gasteiger partial charge in [0.2, 0.25) is 0 Å². The lowest BCUT2D eigenvalue weighted by molar-refractivity contribution is 0.383. The number of benzene rings is 1. The number of hydrogen-bond donors (Lipinski definition) is 1. The lowest BCUT2D eigenvalue weighted by Gasteiger charge is -2.16. The predicted octanol–water partition coefficient (Wildman–Crippen LogP) is 4.00. The van der Waals surface area contributed by atoms with E-state index >= 15 is 0 Å². The average molecular weight is 391 g/mol. The van der Waals surface area contributed by atoms with Crippen LogP contribution < -0.4 is 10.1 Å². The van der Waals surface area contributed by atoms with Crippen molar-refractivity contribution >= 4 is 33.9 Å². The van der Waals surface area contributed by atoms with Gasteiger partial charge in [-0.2, -0.15) is 0 Å². The highest BCUT2D eigenvalue weighted by molar-refractivity contribution is 14.1. The Morgan fingerprint density at radius 2 is 2.26 bits per heavy atom. The van der Waals surface area contributed by atoms with Gasteiger partial charge in [-0.1, -0.05) is 12.1 Å². The van der Waals surface area contributed by atoms with Crippen LogP contribution >= 0.6 is 33.9 Å². The first-order valence-electron chi connectivity index (χ1n) is 5.88. The lowest BCUT2D eigenvalue weighted by atomic mass is 10.0. The van der Waals surface area contributed by atoms with Crippen LogP contribution in [0.4, 0.5) is 4.39 Å². The lowest BCUT2D eigenvalue weighted by Crippen LogP contribution is -2.18. The van der Waals surface area contributed by atoms with Gasteiger partial charge < -0.3 is 10.1 Å². The molecule has 5 heteroatoms. The molecule has 0 spiro atoms. The summed E-state index contributed by atoms with van der Waals surface area (Å²) < 4.78 is 20.4. The highest BCUT2D eigenvalue weighted by Gasteiger charge is 2.16. The standard InChI is InChI=1S/C14H15FINOS/c1-17-11(10-7-13(16)19-8-10)6-9-4-3-5-12(18-2)14(9)15/h3-5,7-8,11,17H,6H2,1-2H3. The first-order chi connectivity index (χ1) is 9.15. The summed E-state index contributed by atoms with van der Waals surface area (Å²) in [7, 11) is 3.38. The minimum absolute atomic E-state index is 0.112. The summed E-state index contributed by atoms with van der Waals surface area (Å²) in [5.41, 5.74) is 1.86. The Labute approximate surface area is 130 Å². The molecule has 0 saturated carbocycles. The van der Waals surface area contributed by atoms with Crippen molar-refractivity contribution in [3.05, 3.63) is 49.5 Å². The highest BCUT2D eigenvalue weighted by atomic mass is 127. The Bertz CT molecular complexity index is 558. The molecular formula is C14H15FINOS. The summed E-state index contributed by atoms with van der Waals surface area (Å²) >= 11 is 3.99. The molecule has 0 aliphatic rings. The Hall–Kier alpha value is -0.660. The molecule has 1 aromatic heterocycles. The smallest absolute Gasteiger partial charge is 0.168 e. The molecule has 1 N–H and O–H groups in total. The Morgan fingerprint density at radius 3 is 2.84 bits per heavy atom. The van der Waals surface area contributed by atoms with Crippen molar-refractivity contribution in [3.63, 3.8) is 0 Å². The van der Waals surface area contributed by atoms with Crippen molar-refractivity contribution in [3.8, 4) is 5.75 Å². The molecular weight excluding hydrogens is 376 g/mol. The van der Waals surface area contributed by atoms with Crippen LogP contribution in [0.25, 0.3) is 0 Å². The van der Waals surface area contributed by atoms with E-state index in [-0.39, 0.29) is 11.9 Å². The van der Waals surface area contributed by atoms with Crippen LogP contribution in [0.3, 0.4) is 0 Å². The van der Waals surface area contributed by atoms with E-state index in [0.717, 1.165) is 0 Å². The van der Waals surface area contributed by atoms with Crippen LogP contribution in [0.2, 0.25) is 0 Å². The van der Waals surface area contributed by atoms with Crippen LogP contribution in [0.1, 0.15) is 17.2 Å². The maximum Gasteiger partial charge on any atom is 0.168 e. The van der Waals surface area contributed by atoms with Crippen LogP contribution in [0.15, 0.2) is 29.6 Å². The monoisotopic (exact) mass is 391 g/mol. The van der Waals surface area contributed by atoms with Gasteiger partial charge in [0.05, 0.1) is 9.99 Å². The molecule has 1 heterocycles. The fraction of sp³-hybridized carbons (Fsp3) is 0.286. The van der Waals surface area contributed by atoms with E-state index in [2.05, 4.69) is 39.4 Å². The number of ether oxygens (including phenoxy) is 1. The second kappa shape index (κ2) is 6.67. The number of thiophene rings is 1. The number of halogens is 2. The normalized spacial score (nSPS) is 12.4. The van der Waals surface area contributed by atoms with Crippen LogP contribution in [0, 0.1) is 8.70 Å². The largest absolute Gasteiger partial charge is 0.494 e. The molecule has 1 unspecified atom stereocenters. The third-order valence-electron chi connectivity index (χ3n) is 3.03. The number of nitrogens with one attached hydrogen (secondary N) is 1. The summed E-state index contributed by atoms with van der Waals surface area (Å²) in [5.74, 6) is 0.0300. The molecule has 2 nitrogen and oxygen atoms in total. The molecule has 1 aromatic carbocycles. The number of rotatable bonds is 5. The van der Waals surface area contributed by atoms with Crippen molar-refractivity contribution in [1.29, 1.82) is 0 Å². The molecule has 2 rings (SSSR count). The zero-order chi connectivity index (χ0) is 13.8. The Kier molecular flexibility index (Phi) is 5.18. The fourth-order valence-electron chi connectivity index (χ4n) is 1.98. The molecule has 19 heavy (non-hydrogen) atoms. The summed E-state index contributed by atoms with van der Waals surface area (Å²) in [5, 5.41) is 5.35. The van der Waals surface area contributed by atoms with Gasteiger partial charge >= 0.3 is 0 Å². The average Bonchev–Trinajstić information content (AvgIpc) is 2.84. The summed E-state index contributed by atoms with van der Waals surface area (Å²) in [6, 6.07) is 7.51. The van der Waals surface area contributed by atoms with Gasteiger partial charge in [0.15, 0.2) is 11.6 Å². The minimum atomic E-state index is -0.268. The van der Waals surface area contributed by atoms with E-state index < -0.39 is 0 Å². The van der Waals surface area contributed by atoms with Crippen LogP contribution in [-0.4, -0.2) is 14.2 Å². The molecule has 2 aromatic rings. The third-order valence-corrected chi connectivity index (χ3v) is 4.83. The molecule has 0 amide bonds. The number of methoxy groups -OCH3 is 1. The molecule has 0 aliphatic heterocycles. The molecule has 0 aliphatic carbocycles. The topological polar surface area (TPSA) is 21.3 Å². The third kappa shape index (κ3) is 3.46. The van der Waals surface area contributed by atoms with Gasteiger partial charge in [-0.05, 0) is 64.7 Å². The minimum Gasteiger partial charge on any atom is -0.494 e. The first-order valence-corrected chi connectivity index (χ1v) is 7.84. The Morgan fingerprint density at radius 1 is 1.47 bits per heavy atom. The van der Waals surface area contributed by atoms with E-state index in [0.29, 0.717) is 17.7 Å². The van der Waals surface area contributed by atoms with Crippen molar-refractivity contribution in [2.75, 3.05) is 14.2 Å². The van der Waals surface area contributed by atoms with E-state index in [4.69, 9.17) is 4.74 Å². The van der Waals surface area contributed by atoms with Gasteiger partial charge in [0.25, 0.3) is 0 Å². The first kappa shape index (κ1) is 14.7. The van der Waals surface area contributed by atoms with Gasteiger partial charge in [-0.25, -0.2) is 4.39 Å².